The lowest BCUT2D eigenvalue weighted by Crippen LogP contribution is -2.09. The summed E-state index contributed by atoms with van der Waals surface area (Å²) in [5.74, 6) is 0.996. The molecule has 2 aromatic rings. The topological polar surface area (TPSA) is 72.0 Å². The van der Waals surface area contributed by atoms with Gasteiger partial charge in [-0.15, -0.1) is 0 Å². The third kappa shape index (κ3) is 6.17. The molecule has 0 amide bonds. The largest absolute Gasteiger partial charge is 0.467 e. The van der Waals surface area contributed by atoms with Crippen LogP contribution in [0.2, 0.25) is 0 Å². The summed E-state index contributed by atoms with van der Waals surface area (Å²) in [4.78, 5) is 12.8. The van der Waals surface area contributed by atoms with Gasteiger partial charge in [0.05, 0.1) is 7.11 Å². The molecule has 0 unspecified atom stereocenters. The molecule has 0 aliphatic rings. The van der Waals surface area contributed by atoms with Gasteiger partial charge in [0.25, 0.3) is 0 Å². The molecule has 124 valence electrons. The minimum atomic E-state index is 0.295. The van der Waals surface area contributed by atoms with E-state index < -0.39 is 0 Å². The highest BCUT2D eigenvalue weighted by Gasteiger charge is 2.07. The first-order chi connectivity index (χ1) is 11.2. The molecule has 0 aliphatic carbocycles. The number of anilines is 3. The number of aromatic nitrogens is 3. The molecule has 1 aromatic carbocycles. The maximum absolute atomic E-state index is 5.15. The highest BCUT2D eigenvalue weighted by Crippen LogP contribution is 2.17. The van der Waals surface area contributed by atoms with Crippen LogP contribution >= 0.6 is 22.6 Å². The maximum atomic E-state index is 5.15. The quantitative estimate of drug-likeness (QED) is 0.461. The summed E-state index contributed by atoms with van der Waals surface area (Å²) >= 11 is 2.27. The second kappa shape index (κ2) is 9.49. The molecule has 0 fully saturated rings. The average molecular weight is 427 g/mol. The number of methoxy groups -OCH3 is 1. The molecule has 0 radical (unpaired) electrons. The lowest BCUT2D eigenvalue weighted by molar-refractivity contribution is 0.379. The third-order valence-corrected chi connectivity index (χ3v) is 3.93. The smallest absolute Gasteiger partial charge is 0.322 e. The molecule has 0 bridgehead atoms. The molecule has 2 rings (SSSR count). The van der Waals surface area contributed by atoms with Gasteiger partial charge in [0, 0.05) is 15.8 Å². The van der Waals surface area contributed by atoms with Crippen LogP contribution in [0, 0.1) is 3.57 Å². The van der Waals surface area contributed by atoms with Crippen LogP contribution in [0.1, 0.15) is 32.6 Å². The zero-order valence-electron chi connectivity index (χ0n) is 13.5. The Hall–Kier alpha value is -1.64. The number of ether oxygens (including phenoxy) is 1. The van der Waals surface area contributed by atoms with E-state index in [0.29, 0.717) is 17.9 Å². The van der Waals surface area contributed by atoms with Crippen LogP contribution in [0.5, 0.6) is 6.01 Å². The van der Waals surface area contributed by atoms with Crippen molar-refractivity contribution in [2.45, 2.75) is 32.6 Å². The average Bonchev–Trinajstić information content (AvgIpc) is 2.56. The predicted octanol–water partition coefficient (Wildman–Crippen LogP) is 4.22. The Morgan fingerprint density at radius 2 is 1.74 bits per heavy atom. The van der Waals surface area contributed by atoms with Crippen LogP contribution < -0.4 is 15.4 Å². The fourth-order valence-corrected chi connectivity index (χ4v) is 2.36. The molecule has 23 heavy (non-hydrogen) atoms. The third-order valence-electron chi connectivity index (χ3n) is 3.21. The summed E-state index contributed by atoms with van der Waals surface area (Å²) in [6.07, 6.45) is 4.78. The molecule has 0 aliphatic heterocycles. The van der Waals surface area contributed by atoms with E-state index >= 15 is 0 Å². The van der Waals surface area contributed by atoms with Crippen LogP contribution in [-0.4, -0.2) is 28.6 Å². The Kier molecular flexibility index (Phi) is 7.31. The minimum Gasteiger partial charge on any atom is -0.467 e. The van der Waals surface area contributed by atoms with Crippen molar-refractivity contribution in [3.63, 3.8) is 0 Å². The van der Waals surface area contributed by atoms with Crippen molar-refractivity contribution in [3.05, 3.63) is 27.8 Å². The van der Waals surface area contributed by atoms with E-state index in [1.54, 1.807) is 7.11 Å². The fourth-order valence-electron chi connectivity index (χ4n) is 2.00. The van der Waals surface area contributed by atoms with Gasteiger partial charge in [0.1, 0.15) is 0 Å². The zero-order valence-corrected chi connectivity index (χ0v) is 15.6. The summed E-state index contributed by atoms with van der Waals surface area (Å²) in [6, 6.07) is 8.30. The molecule has 2 N–H and O–H groups in total. The molecular weight excluding hydrogens is 405 g/mol. The number of nitrogens with one attached hydrogen (secondary N) is 2. The standard InChI is InChI=1S/C16H22IN5O/c1-3-4-5-6-11-18-14-20-15(22-16(21-14)23-2)19-13-9-7-12(17)8-10-13/h7-10H,3-6,11H2,1-2H3,(H2,18,19,20,21,22). The number of unbranched alkanes of at least 4 members (excludes halogenated alkanes) is 3. The molecule has 1 heterocycles. The Morgan fingerprint density at radius 3 is 2.43 bits per heavy atom. The summed E-state index contributed by atoms with van der Waals surface area (Å²) in [5, 5.41) is 6.40. The van der Waals surface area contributed by atoms with E-state index in [4.69, 9.17) is 4.74 Å². The molecule has 0 spiro atoms. The van der Waals surface area contributed by atoms with E-state index in [0.717, 1.165) is 18.7 Å². The Morgan fingerprint density at radius 1 is 1.00 bits per heavy atom. The highest BCUT2D eigenvalue weighted by atomic mass is 127. The van der Waals surface area contributed by atoms with Gasteiger partial charge in [-0.2, -0.15) is 15.0 Å². The van der Waals surface area contributed by atoms with Crippen LogP contribution in [0.15, 0.2) is 24.3 Å². The van der Waals surface area contributed by atoms with Crippen molar-refractivity contribution in [3.8, 4) is 6.01 Å². The molecule has 1 aromatic heterocycles. The Balaban J connectivity index is 2.01. The van der Waals surface area contributed by atoms with Crippen molar-refractivity contribution >= 4 is 40.2 Å². The van der Waals surface area contributed by atoms with Gasteiger partial charge in [-0.05, 0) is 53.3 Å². The number of hydrogen-bond donors (Lipinski definition) is 2. The number of benzene rings is 1. The SMILES string of the molecule is CCCCCCNc1nc(Nc2ccc(I)cc2)nc(OC)n1. The lowest BCUT2D eigenvalue weighted by atomic mass is 10.2. The first kappa shape index (κ1) is 17.7. The van der Waals surface area contributed by atoms with Crippen molar-refractivity contribution in [1.29, 1.82) is 0 Å². The molecular formula is C16H22IN5O. The van der Waals surface area contributed by atoms with Crippen molar-refractivity contribution in [2.75, 3.05) is 24.3 Å². The lowest BCUT2D eigenvalue weighted by Gasteiger charge is -2.09. The van der Waals surface area contributed by atoms with Crippen LogP contribution in [-0.2, 0) is 0 Å². The number of hydrogen-bond acceptors (Lipinski definition) is 6. The van der Waals surface area contributed by atoms with Crippen LogP contribution in [0.25, 0.3) is 0 Å². The van der Waals surface area contributed by atoms with Gasteiger partial charge >= 0.3 is 6.01 Å². The normalized spacial score (nSPS) is 10.4. The first-order valence-corrected chi connectivity index (χ1v) is 8.85. The van der Waals surface area contributed by atoms with Gasteiger partial charge in [-0.1, -0.05) is 26.2 Å². The van der Waals surface area contributed by atoms with Gasteiger partial charge in [-0.25, -0.2) is 0 Å². The molecule has 6 nitrogen and oxygen atoms in total. The van der Waals surface area contributed by atoms with Gasteiger partial charge in [0.2, 0.25) is 11.9 Å². The summed E-state index contributed by atoms with van der Waals surface area (Å²) in [5.41, 5.74) is 0.924. The van der Waals surface area contributed by atoms with E-state index in [1.165, 1.54) is 22.8 Å². The Bertz CT molecular complexity index is 606. The van der Waals surface area contributed by atoms with Crippen LogP contribution in [0.4, 0.5) is 17.6 Å². The molecule has 0 atom stereocenters. The molecule has 0 saturated carbocycles. The first-order valence-electron chi connectivity index (χ1n) is 7.78. The number of nitrogens with zero attached hydrogens (tertiary/aromatic N) is 3. The summed E-state index contributed by atoms with van der Waals surface area (Å²) < 4.78 is 6.33. The fraction of sp³-hybridized carbons (Fsp3) is 0.438. The van der Waals surface area contributed by atoms with E-state index in [9.17, 15) is 0 Å². The van der Waals surface area contributed by atoms with Gasteiger partial charge < -0.3 is 15.4 Å². The Labute approximate surface area is 150 Å². The van der Waals surface area contributed by atoms with Crippen molar-refractivity contribution in [2.24, 2.45) is 0 Å². The van der Waals surface area contributed by atoms with Gasteiger partial charge in [0.15, 0.2) is 0 Å². The van der Waals surface area contributed by atoms with Crippen LogP contribution in [0.3, 0.4) is 0 Å². The summed E-state index contributed by atoms with van der Waals surface area (Å²) in [7, 11) is 1.55. The second-order valence-corrected chi connectivity index (χ2v) is 6.33. The van der Waals surface area contributed by atoms with Crippen molar-refractivity contribution < 1.29 is 4.74 Å². The minimum absolute atomic E-state index is 0.295. The molecule has 0 saturated heterocycles. The van der Waals surface area contributed by atoms with Crippen molar-refractivity contribution in [1.82, 2.24) is 15.0 Å². The molecule has 7 heteroatoms. The monoisotopic (exact) mass is 427 g/mol. The number of rotatable bonds is 9. The maximum Gasteiger partial charge on any atom is 0.322 e. The van der Waals surface area contributed by atoms with E-state index in [1.807, 2.05) is 24.3 Å². The van der Waals surface area contributed by atoms with E-state index in [2.05, 4.69) is 55.1 Å². The second-order valence-electron chi connectivity index (χ2n) is 5.09. The summed E-state index contributed by atoms with van der Waals surface area (Å²) in [6.45, 7) is 3.04. The van der Waals surface area contributed by atoms with Gasteiger partial charge in [-0.3, -0.25) is 0 Å². The zero-order chi connectivity index (χ0) is 16.5. The van der Waals surface area contributed by atoms with E-state index in [-0.39, 0.29) is 0 Å². The highest BCUT2D eigenvalue weighted by molar-refractivity contribution is 14.1. The number of halogens is 1. The predicted molar refractivity (Wildman–Crippen MR) is 101 cm³/mol.